The van der Waals surface area contributed by atoms with Crippen LogP contribution in [0.15, 0.2) is 54.6 Å². The highest BCUT2D eigenvalue weighted by Crippen LogP contribution is 2.68. The van der Waals surface area contributed by atoms with Crippen LogP contribution in [0.4, 0.5) is 5.69 Å². The van der Waals surface area contributed by atoms with Gasteiger partial charge in [0.2, 0.25) is 5.91 Å². The zero-order chi connectivity index (χ0) is 28.8. The number of hydrogen-bond donors (Lipinski definition) is 2. The van der Waals surface area contributed by atoms with E-state index in [0.29, 0.717) is 46.1 Å². The minimum Gasteiger partial charge on any atom is -0.393 e. The lowest BCUT2D eigenvalue weighted by molar-refractivity contribution is -0.129. The smallest absolute Gasteiger partial charge is 0.224 e. The zero-order valence-corrected chi connectivity index (χ0v) is 25.3. The van der Waals surface area contributed by atoms with Gasteiger partial charge in [0.15, 0.2) is 5.78 Å². The number of aliphatic hydroxyl groups is 1. The highest BCUT2D eigenvalue weighted by Gasteiger charge is 2.60. The average Bonchev–Trinajstić information content (AvgIpc) is 3.34. The first kappa shape index (κ1) is 28.6. The van der Waals surface area contributed by atoms with Gasteiger partial charge in [-0.3, -0.25) is 9.59 Å². The van der Waals surface area contributed by atoms with Crippen molar-refractivity contribution in [2.24, 2.45) is 46.3 Å². The average molecular weight is 556 g/mol. The van der Waals surface area contributed by atoms with Crippen molar-refractivity contribution in [3.8, 4) is 0 Å². The maximum atomic E-state index is 12.9. The molecule has 0 radical (unpaired) electrons. The van der Waals surface area contributed by atoms with Gasteiger partial charge in [-0.25, -0.2) is 0 Å². The van der Waals surface area contributed by atoms with Crippen molar-refractivity contribution < 1.29 is 14.7 Å². The van der Waals surface area contributed by atoms with Gasteiger partial charge in [0.25, 0.3) is 0 Å². The fourth-order valence-corrected chi connectivity index (χ4v) is 10.5. The van der Waals surface area contributed by atoms with Crippen LogP contribution in [0.25, 0.3) is 0 Å². The quantitative estimate of drug-likeness (QED) is 0.338. The molecule has 0 aromatic heterocycles. The van der Waals surface area contributed by atoms with Gasteiger partial charge in [0, 0.05) is 23.2 Å². The Morgan fingerprint density at radius 3 is 2.29 bits per heavy atom. The van der Waals surface area contributed by atoms with Gasteiger partial charge in [-0.05, 0) is 135 Å². The predicted octanol–water partition coefficient (Wildman–Crippen LogP) is 8.29. The van der Waals surface area contributed by atoms with Crippen LogP contribution in [-0.4, -0.2) is 22.9 Å². The summed E-state index contributed by atoms with van der Waals surface area (Å²) in [6.07, 6.45) is 12.6. The van der Waals surface area contributed by atoms with Crippen molar-refractivity contribution in [1.82, 2.24) is 0 Å². The molecule has 1 amide bonds. The van der Waals surface area contributed by atoms with Crippen molar-refractivity contribution in [3.63, 3.8) is 0 Å². The Morgan fingerprint density at radius 1 is 0.854 bits per heavy atom. The minimum absolute atomic E-state index is 0.00520. The zero-order valence-electron chi connectivity index (χ0n) is 25.3. The number of fused-ring (bicyclic) bond motifs is 5. The monoisotopic (exact) mass is 555 g/mol. The summed E-state index contributed by atoms with van der Waals surface area (Å²) >= 11 is 0. The van der Waals surface area contributed by atoms with Crippen LogP contribution in [0.3, 0.4) is 0 Å². The summed E-state index contributed by atoms with van der Waals surface area (Å²) in [5, 5.41) is 13.4. The highest BCUT2D eigenvalue weighted by atomic mass is 16.3. The molecule has 9 atom stereocenters. The number of anilines is 1. The second-order valence-corrected chi connectivity index (χ2v) is 14.7. The van der Waals surface area contributed by atoms with Gasteiger partial charge in [-0.2, -0.15) is 0 Å². The summed E-state index contributed by atoms with van der Waals surface area (Å²) in [5.74, 6) is 4.51. The molecule has 0 heterocycles. The third-order valence-corrected chi connectivity index (χ3v) is 12.7. The Balaban J connectivity index is 1.03. The maximum Gasteiger partial charge on any atom is 0.224 e. The van der Waals surface area contributed by atoms with E-state index in [2.05, 4.69) is 26.1 Å². The summed E-state index contributed by atoms with van der Waals surface area (Å²) in [6, 6.07) is 16.6. The van der Waals surface area contributed by atoms with Crippen LogP contribution in [0.5, 0.6) is 0 Å². The highest BCUT2D eigenvalue weighted by molar-refractivity contribution is 6.09. The molecule has 4 heteroatoms. The Hall–Kier alpha value is -2.46. The molecule has 2 N–H and O–H groups in total. The molecular formula is C37H49NO3. The number of ketones is 1. The number of aliphatic hydroxyl groups excluding tert-OH is 1. The van der Waals surface area contributed by atoms with Crippen LogP contribution in [-0.2, 0) is 4.79 Å². The number of carbonyl (C=O) groups is 2. The van der Waals surface area contributed by atoms with Crippen molar-refractivity contribution in [2.45, 2.75) is 97.5 Å². The molecule has 2 aromatic carbocycles. The largest absolute Gasteiger partial charge is 0.393 e. The van der Waals surface area contributed by atoms with Crippen LogP contribution >= 0.6 is 0 Å². The second kappa shape index (κ2) is 11.3. The van der Waals surface area contributed by atoms with Crippen molar-refractivity contribution in [2.75, 3.05) is 5.32 Å². The molecule has 0 bridgehead atoms. The predicted molar refractivity (Wildman–Crippen MR) is 165 cm³/mol. The standard InChI is InChI=1S/C37H49NO3/c1-24(9-18-34(40)38-28-13-10-26(11-14-28)35(41)25-7-5-4-6-8-25)31-16-17-32-30-15-12-27-23-29(39)19-21-36(27,2)33(30)20-22-37(31,32)3/h4-8,10-11,13-14,24,27,29-33,39H,9,12,15-23H2,1-3H3,(H,38,40)/t24-,27?,29-,30?,31?,32?,33?,36+,37-/m1/s1. The number of hydrogen-bond acceptors (Lipinski definition) is 3. The van der Waals surface area contributed by atoms with E-state index in [1.807, 2.05) is 42.5 Å². The molecule has 2 aromatic rings. The van der Waals surface area contributed by atoms with E-state index in [-0.39, 0.29) is 17.8 Å². The van der Waals surface area contributed by atoms with E-state index >= 15 is 0 Å². The first-order valence-corrected chi connectivity index (χ1v) is 16.4. The van der Waals surface area contributed by atoms with Crippen molar-refractivity contribution in [1.29, 1.82) is 0 Å². The van der Waals surface area contributed by atoms with Crippen molar-refractivity contribution in [3.05, 3.63) is 65.7 Å². The third-order valence-electron chi connectivity index (χ3n) is 12.7. The van der Waals surface area contributed by atoms with Crippen LogP contribution in [0, 0.1) is 46.3 Å². The lowest BCUT2D eigenvalue weighted by Crippen LogP contribution is -2.54. The normalized spacial score (nSPS) is 36.9. The summed E-state index contributed by atoms with van der Waals surface area (Å²) in [5.41, 5.74) is 2.88. The first-order chi connectivity index (χ1) is 19.7. The van der Waals surface area contributed by atoms with Gasteiger partial charge in [0.05, 0.1) is 6.10 Å². The van der Waals surface area contributed by atoms with Gasteiger partial charge >= 0.3 is 0 Å². The minimum atomic E-state index is -0.0735. The maximum absolute atomic E-state index is 12.9. The number of carbonyl (C=O) groups excluding carboxylic acids is 2. The van der Waals surface area contributed by atoms with E-state index in [9.17, 15) is 14.7 Å². The molecule has 0 aliphatic heterocycles. The number of rotatable bonds is 7. The lowest BCUT2D eigenvalue weighted by atomic mass is 9.44. The summed E-state index contributed by atoms with van der Waals surface area (Å²) in [6.45, 7) is 7.56. The van der Waals surface area contributed by atoms with E-state index in [1.165, 1.54) is 44.9 Å². The Morgan fingerprint density at radius 2 is 1.54 bits per heavy atom. The second-order valence-electron chi connectivity index (χ2n) is 14.7. The molecule has 6 rings (SSSR count). The lowest BCUT2D eigenvalue weighted by Gasteiger charge is -2.61. The van der Waals surface area contributed by atoms with Crippen LogP contribution < -0.4 is 5.32 Å². The molecule has 0 spiro atoms. The number of nitrogens with one attached hydrogen (secondary N) is 1. The molecular weight excluding hydrogens is 506 g/mol. The van der Waals surface area contributed by atoms with Gasteiger partial charge in [0.1, 0.15) is 0 Å². The van der Waals surface area contributed by atoms with E-state index in [4.69, 9.17) is 0 Å². The molecule has 4 nitrogen and oxygen atoms in total. The Bertz CT molecular complexity index is 1240. The Labute approximate surface area is 246 Å². The molecule has 4 fully saturated rings. The van der Waals surface area contributed by atoms with Crippen LogP contribution in [0.1, 0.15) is 107 Å². The van der Waals surface area contributed by atoms with Crippen LogP contribution in [0.2, 0.25) is 0 Å². The summed E-state index contributed by atoms with van der Waals surface area (Å²) in [7, 11) is 0. The molecule has 4 saturated carbocycles. The summed E-state index contributed by atoms with van der Waals surface area (Å²) < 4.78 is 0. The van der Waals surface area contributed by atoms with E-state index in [0.717, 1.165) is 42.7 Å². The molecule has 4 aliphatic carbocycles. The van der Waals surface area contributed by atoms with Gasteiger partial charge < -0.3 is 10.4 Å². The fraction of sp³-hybridized carbons (Fsp3) is 0.622. The van der Waals surface area contributed by atoms with Crippen molar-refractivity contribution >= 4 is 17.4 Å². The molecule has 5 unspecified atom stereocenters. The molecule has 4 aliphatic rings. The molecule has 41 heavy (non-hydrogen) atoms. The fourth-order valence-electron chi connectivity index (χ4n) is 10.5. The topological polar surface area (TPSA) is 66.4 Å². The first-order valence-electron chi connectivity index (χ1n) is 16.4. The number of benzene rings is 2. The summed E-state index contributed by atoms with van der Waals surface area (Å²) in [4.78, 5) is 25.6. The number of amides is 1. The van der Waals surface area contributed by atoms with E-state index < -0.39 is 0 Å². The third kappa shape index (κ3) is 5.31. The Kier molecular flexibility index (Phi) is 7.91. The van der Waals surface area contributed by atoms with Gasteiger partial charge in [-0.15, -0.1) is 0 Å². The molecule has 220 valence electrons. The van der Waals surface area contributed by atoms with Gasteiger partial charge in [-0.1, -0.05) is 51.1 Å². The molecule has 0 saturated heterocycles. The SMILES string of the molecule is C[C@H](CCC(=O)Nc1ccc(C(=O)c2ccccc2)cc1)C1CCC2C3CCC4C[C@H](O)CC[C@]4(C)C3CC[C@@]21C. The van der Waals surface area contributed by atoms with E-state index in [1.54, 1.807) is 12.1 Å².